The van der Waals surface area contributed by atoms with E-state index in [9.17, 15) is 14.0 Å². The largest absolute Gasteiger partial charge is 0.497 e. The Morgan fingerprint density at radius 3 is 2.50 bits per heavy atom. The van der Waals surface area contributed by atoms with Crippen LogP contribution in [0.1, 0.15) is 23.7 Å². The van der Waals surface area contributed by atoms with Gasteiger partial charge in [0.1, 0.15) is 17.1 Å². The van der Waals surface area contributed by atoms with E-state index in [1.165, 1.54) is 6.07 Å². The highest BCUT2D eigenvalue weighted by molar-refractivity contribution is 7.15. The summed E-state index contributed by atoms with van der Waals surface area (Å²) in [7, 11) is 1.58. The Kier molecular flexibility index (Phi) is 7.32. The first-order valence-electron chi connectivity index (χ1n) is 13.1. The molecule has 6 rings (SSSR count). The van der Waals surface area contributed by atoms with E-state index in [-0.39, 0.29) is 22.8 Å². The van der Waals surface area contributed by atoms with E-state index < -0.39 is 16.9 Å². The summed E-state index contributed by atoms with van der Waals surface area (Å²) in [5.74, 6) is 0.324. The van der Waals surface area contributed by atoms with Crippen molar-refractivity contribution < 1.29 is 13.9 Å². The SMILES string of the molecule is CCOc1ccc(-c2nn(-c3ccccc3)cc2/C=c2\sc3nc(=O)c(Cc4ccc(OC)cc4)nn3c2=O)cc1F. The molecule has 0 unspecified atom stereocenters. The average Bonchev–Trinajstić information content (AvgIpc) is 3.56. The summed E-state index contributed by atoms with van der Waals surface area (Å²) in [4.78, 5) is 30.5. The van der Waals surface area contributed by atoms with Gasteiger partial charge >= 0.3 is 0 Å². The Labute approximate surface area is 242 Å². The number of hydrogen-bond acceptors (Lipinski definition) is 8. The third kappa shape index (κ3) is 5.29. The van der Waals surface area contributed by atoms with Gasteiger partial charge in [0.15, 0.2) is 11.6 Å². The molecule has 0 amide bonds. The second kappa shape index (κ2) is 11.4. The lowest BCUT2D eigenvalue weighted by molar-refractivity contribution is 0.321. The van der Waals surface area contributed by atoms with Crippen molar-refractivity contribution in [2.45, 2.75) is 13.3 Å². The number of thiazole rings is 1. The van der Waals surface area contributed by atoms with Crippen molar-refractivity contribution >= 4 is 22.4 Å². The smallest absolute Gasteiger partial charge is 0.296 e. The molecule has 9 nitrogen and oxygen atoms in total. The van der Waals surface area contributed by atoms with E-state index in [1.807, 2.05) is 42.5 Å². The molecule has 0 aliphatic heterocycles. The minimum Gasteiger partial charge on any atom is -0.497 e. The van der Waals surface area contributed by atoms with Gasteiger partial charge in [0, 0.05) is 23.7 Å². The second-order valence-corrected chi connectivity index (χ2v) is 10.3. The van der Waals surface area contributed by atoms with Gasteiger partial charge in [0.05, 0.1) is 23.9 Å². The van der Waals surface area contributed by atoms with E-state index in [0.29, 0.717) is 33.7 Å². The van der Waals surface area contributed by atoms with Crippen LogP contribution >= 0.6 is 11.3 Å². The Balaban J connectivity index is 1.45. The topological polar surface area (TPSA) is 101 Å². The summed E-state index contributed by atoms with van der Waals surface area (Å²) in [6, 6.07) is 21.3. The molecule has 3 aromatic heterocycles. The van der Waals surface area contributed by atoms with E-state index in [1.54, 1.807) is 55.3 Å². The van der Waals surface area contributed by atoms with Gasteiger partial charge in [0.25, 0.3) is 11.1 Å². The van der Waals surface area contributed by atoms with Crippen LogP contribution in [0.5, 0.6) is 11.5 Å². The third-order valence-corrected chi connectivity index (χ3v) is 7.50. The molecule has 0 N–H and O–H groups in total. The quantitative estimate of drug-likeness (QED) is 0.267. The number of para-hydroxylation sites is 1. The minimum absolute atomic E-state index is 0.146. The van der Waals surface area contributed by atoms with Crippen molar-refractivity contribution in [2.24, 2.45) is 0 Å². The fourth-order valence-electron chi connectivity index (χ4n) is 4.48. The van der Waals surface area contributed by atoms with Crippen LogP contribution in [0.4, 0.5) is 4.39 Å². The number of rotatable bonds is 8. The molecule has 0 saturated carbocycles. The molecule has 11 heteroatoms. The van der Waals surface area contributed by atoms with Gasteiger partial charge in [-0.15, -0.1) is 0 Å². The third-order valence-electron chi connectivity index (χ3n) is 6.54. The lowest BCUT2D eigenvalue weighted by Crippen LogP contribution is -2.28. The van der Waals surface area contributed by atoms with Crippen molar-refractivity contribution in [1.29, 1.82) is 0 Å². The Hall–Kier alpha value is -5.16. The van der Waals surface area contributed by atoms with Gasteiger partial charge in [-0.2, -0.15) is 19.7 Å². The fourth-order valence-corrected chi connectivity index (χ4v) is 5.38. The number of benzene rings is 3. The normalized spacial score (nSPS) is 11.7. The van der Waals surface area contributed by atoms with Crippen molar-refractivity contribution in [3.63, 3.8) is 0 Å². The maximum absolute atomic E-state index is 14.8. The van der Waals surface area contributed by atoms with Crippen molar-refractivity contribution in [3.8, 4) is 28.4 Å². The van der Waals surface area contributed by atoms with Crippen LogP contribution in [0.15, 0.2) is 88.6 Å². The predicted octanol–water partition coefficient (Wildman–Crippen LogP) is 4.05. The second-order valence-electron chi connectivity index (χ2n) is 9.29. The summed E-state index contributed by atoms with van der Waals surface area (Å²) in [6.07, 6.45) is 3.64. The summed E-state index contributed by atoms with van der Waals surface area (Å²) in [6.45, 7) is 2.12. The zero-order valence-corrected chi connectivity index (χ0v) is 23.5. The average molecular weight is 582 g/mol. The molecule has 6 aromatic rings. The first-order valence-corrected chi connectivity index (χ1v) is 13.9. The molecule has 0 radical (unpaired) electrons. The molecule has 0 aliphatic rings. The van der Waals surface area contributed by atoms with E-state index in [4.69, 9.17) is 14.6 Å². The van der Waals surface area contributed by atoms with Crippen molar-refractivity contribution in [1.82, 2.24) is 24.4 Å². The Morgan fingerprint density at radius 1 is 1.00 bits per heavy atom. The molecule has 3 aromatic carbocycles. The first kappa shape index (κ1) is 27.0. The molecular weight excluding hydrogens is 557 g/mol. The standard InChI is InChI=1S/C31H24FN5O4S/c1-3-41-26-14-11-20(16-24(26)32)28-21(18-36(35-28)22-7-5-4-6-8-22)17-27-30(39)37-31(42-27)33-29(38)25(34-37)15-19-9-12-23(40-2)13-10-19/h4-14,16-18H,3,15H2,1-2H3/b27-17-. The van der Waals surface area contributed by atoms with Gasteiger partial charge < -0.3 is 9.47 Å². The summed E-state index contributed by atoms with van der Waals surface area (Å²) in [5, 5.41) is 9.07. The van der Waals surface area contributed by atoms with Crippen molar-refractivity contribution in [3.05, 3.63) is 127 Å². The maximum atomic E-state index is 14.8. The molecule has 0 bridgehead atoms. The van der Waals surface area contributed by atoms with Gasteiger partial charge in [-0.05, 0) is 61.0 Å². The maximum Gasteiger partial charge on any atom is 0.296 e. The highest BCUT2D eigenvalue weighted by Gasteiger charge is 2.16. The molecule has 0 saturated heterocycles. The van der Waals surface area contributed by atoms with Crippen molar-refractivity contribution in [2.75, 3.05) is 13.7 Å². The van der Waals surface area contributed by atoms with Gasteiger partial charge in [0.2, 0.25) is 4.96 Å². The molecule has 0 fully saturated rings. The Morgan fingerprint density at radius 2 is 1.79 bits per heavy atom. The molecule has 0 spiro atoms. The Bertz CT molecular complexity index is 2070. The number of ether oxygens (including phenoxy) is 2. The molecule has 210 valence electrons. The van der Waals surface area contributed by atoms with Crippen LogP contribution in [0.2, 0.25) is 0 Å². The van der Waals surface area contributed by atoms with Crippen LogP contribution in [0.25, 0.3) is 28.0 Å². The van der Waals surface area contributed by atoms with E-state index >= 15 is 0 Å². The molecule has 0 atom stereocenters. The number of methoxy groups -OCH3 is 1. The van der Waals surface area contributed by atoms with Gasteiger partial charge in [-0.3, -0.25) is 9.59 Å². The highest BCUT2D eigenvalue weighted by Crippen LogP contribution is 2.28. The molecule has 0 aliphatic carbocycles. The number of halogens is 1. The lowest BCUT2D eigenvalue weighted by Gasteiger charge is -2.06. The van der Waals surface area contributed by atoms with Gasteiger partial charge in [-0.25, -0.2) is 9.07 Å². The predicted molar refractivity (Wildman–Crippen MR) is 158 cm³/mol. The zero-order chi connectivity index (χ0) is 29.2. The van der Waals surface area contributed by atoms with Gasteiger partial charge in [-0.1, -0.05) is 41.7 Å². The van der Waals surface area contributed by atoms with Crippen LogP contribution in [-0.4, -0.2) is 38.1 Å². The van der Waals surface area contributed by atoms with Crippen LogP contribution in [0, 0.1) is 5.82 Å². The summed E-state index contributed by atoms with van der Waals surface area (Å²) >= 11 is 1.05. The van der Waals surface area contributed by atoms with Crippen LogP contribution < -0.4 is 25.1 Å². The number of hydrogen-bond donors (Lipinski definition) is 0. The fraction of sp³-hybridized carbons (Fsp3) is 0.129. The molecular formula is C31H24FN5O4S. The number of aromatic nitrogens is 5. The minimum atomic E-state index is -0.516. The highest BCUT2D eigenvalue weighted by atomic mass is 32.1. The molecule has 3 heterocycles. The monoisotopic (exact) mass is 581 g/mol. The first-order chi connectivity index (χ1) is 20.4. The summed E-state index contributed by atoms with van der Waals surface area (Å²) in [5.41, 5.74) is 2.41. The number of nitrogens with zero attached hydrogens (tertiary/aromatic N) is 5. The summed E-state index contributed by atoms with van der Waals surface area (Å²) < 4.78 is 28.5. The molecule has 42 heavy (non-hydrogen) atoms. The van der Waals surface area contributed by atoms with E-state index in [2.05, 4.69) is 10.1 Å². The van der Waals surface area contributed by atoms with Crippen LogP contribution in [-0.2, 0) is 6.42 Å². The van der Waals surface area contributed by atoms with E-state index in [0.717, 1.165) is 27.1 Å². The number of fused-ring (bicyclic) bond motifs is 1. The van der Waals surface area contributed by atoms with Crippen LogP contribution in [0.3, 0.4) is 0 Å². The zero-order valence-electron chi connectivity index (χ0n) is 22.7. The lowest BCUT2D eigenvalue weighted by atomic mass is 10.1.